The molecule has 0 bridgehead atoms. The number of nitrogens with one attached hydrogen (secondary N) is 2. The van der Waals surface area contributed by atoms with Crippen molar-refractivity contribution < 1.29 is 14.1 Å². The van der Waals surface area contributed by atoms with Gasteiger partial charge < -0.3 is 15.1 Å². The van der Waals surface area contributed by atoms with E-state index in [0.29, 0.717) is 17.0 Å². The Morgan fingerprint density at radius 1 is 1.28 bits per heavy atom. The first kappa shape index (κ1) is 17.4. The summed E-state index contributed by atoms with van der Waals surface area (Å²) in [5.41, 5.74) is 1.55. The zero-order chi connectivity index (χ0) is 17.6. The van der Waals surface area contributed by atoms with Gasteiger partial charge in [0.1, 0.15) is 16.9 Å². The minimum absolute atomic E-state index is 0.0487. The summed E-state index contributed by atoms with van der Waals surface area (Å²) in [4.78, 5) is 15.7. The molecule has 2 N–H and O–H groups in total. The minimum Gasteiger partial charge on any atom is -0.360 e. The Kier molecular flexibility index (Phi) is 5.64. The topological polar surface area (TPSA) is 60.6 Å². The Morgan fingerprint density at radius 2 is 2.00 bits per heavy atom. The molecule has 0 unspecified atom stereocenters. The van der Waals surface area contributed by atoms with Crippen molar-refractivity contribution in [2.45, 2.75) is 6.42 Å². The van der Waals surface area contributed by atoms with Crippen molar-refractivity contribution in [1.29, 1.82) is 5.26 Å². The number of nitriles is 1. The van der Waals surface area contributed by atoms with E-state index in [0.717, 1.165) is 38.4 Å². The predicted octanol–water partition coefficient (Wildman–Crippen LogP) is 1.49. The maximum Gasteiger partial charge on any atom is 0.230 e. The summed E-state index contributed by atoms with van der Waals surface area (Å²) < 4.78 is 13.0. The number of nitrogens with zero attached hydrogens (tertiary/aromatic N) is 2. The molecule has 1 saturated heterocycles. The summed E-state index contributed by atoms with van der Waals surface area (Å²) in [6.07, 6.45) is 0.439. The van der Waals surface area contributed by atoms with Gasteiger partial charge in [-0.25, -0.2) is 4.39 Å². The first-order valence-corrected chi connectivity index (χ1v) is 9.15. The van der Waals surface area contributed by atoms with Crippen LogP contribution in [-0.4, -0.2) is 38.6 Å². The predicted molar refractivity (Wildman–Crippen MR) is 96.5 cm³/mol. The summed E-state index contributed by atoms with van der Waals surface area (Å²) >= 11 is 1.37. The average Bonchev–Trinajstić information content (AvgIpc) is 3.08. The fourth-order valence-corrected chi connectivity index (χ4v) is 3.71. The third kappa shape index (κ3) is 4.56. The van der Waals surface area contributed by atoms with Crippen molar-refractivity contribution in [2.24, 2.45) is 0 Å². The summed E-state index contributed by atoms with van der Waals surface area (Å²) in [6.45, 7) is 4.47. The van der Waals surface area contributed by atoms with E-state index < -0.39 is 0 Å². The lowest BCUT2D eigenvalue weighted by Crippen LogP contribution is -3.15. The molecule has 0 radical (unpaired) electrons. The number of benzene rings is 1. The van der Waals surface area contributed by atoms with Crippen LogP contribution in [0.1, 0.15) is 12.0 Å². The van der Waals surface area contributed by atoms with Crippen LogP contribution in [-0.2, 0) is 4.79 Å². The zero-order valence-electron chi connectivity index (χ0n) is 13.8. The molecule has 130 valence electrons. The molecule has 1 amide bonds. The van der Waals surface area contributed by atoms with Crippen LogP contribution in [0, 0.1) is 17.1 Å². The number of carbonyl (C=O) groups is 1. The van der Waals surface area contributed by atoms with Crippen LogP contribution in [0.2, 0.25) is 0 Å². The molecule has 0 spiro atoms. The maximum absolute atomic E-state index is 13.0. The highest BCUT2D eigenvalue weighted by atomic mass is 32.1. The van der Waals surface area contributed by atoms with E-state index in [9.17, 15) is 9.18 Å². The number of halogens is 1. The number of piperazine rings is 1. The minimum atomic E-state index is -0.218. The number of hydrogen-bond donors (Lipinski definition) is 2. The second-order valence-corrected chi connectivity index (χ2v) is 6.95. The Hall–Kier alpha value is -2.43. The Bertz CT molecular complexity index is 760. The summed E-state index contributed by atoms with van der Waals surface area (Å²) in [7, 11) is 0. The van der Waals surface area contributed by atoms with Crippen molar-refractivity contribution in [3.63, 3.8) is 0 Å². The van der Waals surface area contributed by atoms with Crippen molar-refractivity contribution >= 4 is 27.9 Å². The molecule has 1 aliphatic rings. The molecule has 7 heteroatoms. The highest BCUT2D eigenvalue weighted by molar-refractivity contribution is 7.14. The van der Waals surface area contributed by atoms with Crippen LogP contribution in [0.25, 0.3) is 0 Å². The fraction of sp³-hybridized carbons (Fsp3) is 0.333. The smallest absolute Gasteiger partial charge is 0.230 e. The van der Waals surface area contributed by atoms with Crippen LogP contribution in [0.4, 0.5) is 15.1 Å². The number of rotatable bonds is 5. The van der Waals surface area contributed by atoms with Crippen LogP contribution in [0.15, 0.2) is 35.7 Å². The fourth-order valence-electron chi connectivity index (χ4n) is 2.96. The van der Waals surface area contributed by atoms with Gasteiger partial charge in [-0.05, 0) is 35.7 Å². The third-order valence-corrected chi connectivity index (χ3v) is 5.24. The molecule has 1 aliphatic heterocycles. The van der Waals surface area contributed by atoms with E-state index in [1.54, 1.807) is 11.4 Å². The van der Waals surface area contributed by atoms with E-state index in [2.05, 4.69) is 16.3 Å². The largest absolute Gasteiger partial charge is 0.360 e. The standard InChI is InChI=1S/C18H19FN4OS/c19-15-1-3-16(4-2-15)23-10-8-22(9-11-23)7-5-17(24)21-18-14(13-20)6-12-25-18/h1-4,6,12H,5,7-11H2,(H,21,24)/p+1. The van der Waals surface area contributed by atoms with Crippen LogP contribution < -0.4 is 15.1 Å². The molecule has 0 atom stereocenters. The number of anilines is 2. The first-order valence-electron chi connectivity index (χ1n) is 8.27. The quantitative estimate of drug-likeness (QED) is 0.850. The van der Waals surface area contributed by atoms with Gasteiger partial charge in [-0.1, -0.05) is 0 Å². The molecule has 1 aromatic heterocycles. The number of carbonyl (C=O) groups excluding carboxylic acids is 1. The summed E-state index contributed by atoms with van der Waals surface area (Å²) in [6, 6.07) is 10.4. The molecule has 2 aromatic rings. The molecule has 0 aliphatic carbocycles. The molecule has 3 rings (SSSR count). The molecule has 1 aromatic carbocycles. The van der Waals surface area contributed by atoms with E-state index >= 15 is 0 Å². The number of hydrogen-bond acceptors (Lipinski definition) is 4. The van der Waals surface area contributed by atoms with Crippen LogP contribution in [0.3, 0.4) is 0 Å². The number of quaternary nitrogens is 1. The Balaban J connectivity index is 1.42. The molecule has 2 heterocycles. The van der Waals surface area contributed by atoms with E-state index in [-0.39, 0.29) is 11.7 Å². The summed E-state index contributed by atoms with van der Waals surface area (Å²) in [5, 5.41) is 14.2. The van der Waals surface area contributed by atoms with Gasteiger partial charge in [0.05, 0.1) is 44.7 Å². The van der Waals surface area contributed by atoms with Crippen LogP contribution in [0.5, 0.6) is 0 Å². The molecule has 5 nitrogen and oxygen atoms in total. The first-order chi connectivity index (χ1) is 12.2. The van der Waals surface area contributed by atoms with E-state index in [1.165, 1.54) is 28.4 Å². The highest BCUT2D eigenvalue weighted by Crippen LogP contribution is 2.22. The second kappa shape index (κ2) is 8.10. The summed E-state index contributed by atoms with van der Waals surface area (Å²) in [5.74, 6) is -0.267. The molecular formula is C18H20FN4OS+. The van der Waals surface area contributed by atoms with E-state index in [4.69, 9.17) is 5.26 Å². The third-order valence-electron chi connectivity index (χ3n) is 4.41. The zero-order valence-corrected chi connectivity index (χ0v) is 14.6. The molecule has 0 saturated carbocycles. The van der Waals surface area contributed by atoms with Gasteiger partial charge >= 0.3 is 0 Å². The Labute approximate surface area is 150 Å². The van der Waals surface area contributed by atoms with Gasteiger partial charge in [0.25, 0.3) is 0 Å². The molecule has 1 fully saturated rings. The maximum atomic E-state index is 13.0. The SMILES string of the molecule is N#Cc1ccsc1NC(=O)CC[NH+]1CCN(c2ccc(F)cc2)CC1. The molecule has 25 heavy (non-hydrogen) atoms. The van der Waals surface area contributed by atoms with Crippen molar-refractivity contribution in [2.75, 3.05) is 42.9 Å². The molecular weight excluding hydrogens is 339 g/mol. The lowest BCUT2D eigenvalue weighted by molar-refractivity contribution is -0.900. The van der Waals surface area contributed by atoms with Gasteiger partial charge in [0.15, 0.2) is 0 Å². The average molecular weight is 359 g/mol. The van der Waals surface area contributed by atoms with Gasteiger partial charge in [-0.15, -0.1) is 11.3 Å². The Morgan fingerprint density at radius 3 is 2.68 bits per heavy atom. The second-order valence-electron chi connectivity index (χ2n) is 6.04. The number of amides is 1. The van der Waals surface area contributed by atoms with Gasteiger partial charge in [-0.3, -0.25) is 4.79 Å². The lowest BCUT2D eigenvalue weighted by atomic mass is 10.2. The van der Waals surface area contributed by atoms with Gasteiger partial charge in [-0.2, -0.15) is 5.26 Å². The van der Waals surface area contributed by atoms with Crippen LogP contribution >= 0.6 is 11.3 Å². The monoisotopic (exact) mass is 359 g/mol. The lowest BCUT2D eigenvalue weighted by Gasteiger charge is -2.33. The van der Waals surface area contributed by atoms with E-state index in [1.807, 2.05) is 12.1 Å². The normalized spacial score (nSPS) is 15.0. The van der Waals surface area contributed by atoms with Gasteiger partial charge in [0, 0.05) is 5.69 Å². The number of thiophene rings is 1. The van der Waals surface area contributed by atoms with Crippen molar-refractivity contribution in [3.8, 4) is 6.07 Å². The van der Waals surface area contributed by atoms with Gasteiger partial charge in [0.2, 0.25) is 5.91 Å². The highest BCUT2D eigenvalue weighted by Gasteiger charge is 2.21. The van der Waals surface area contributed by atoms with Crippen molar-refractivity contribution in [3.05, 3.63) is 47.1 Å². The van der Waals surface area contributed by atoms with Crippen molar-refractivity contribution in [1.82, 2.24) is 0 Å².